The second kappa shape index (κ2) is 5.86. The highest BCUT2D eigenvalue weighted by molar-refractivity contribution is 5.91. The number of benzene rings is 1. The van der Waals surface area contributed by atoms with Crippen LogP contribution in [0, 0.1) is 5.92 Å². The highest BCUT2D eigenvalue weighted by Gasteiger charge is 2.46. The molecule has 26 heavy (non-hydrogen) atoms. The van der Waals surface area contributed by atoms with E-state index in [0.717, 1.165) is 35.7 Å². The van der Waals surface area contributed by atoms with Crippen LogP contribution in [0.2, 0.25) is 0 Å². The fourth-order valence-corrected chi connectivity index (χ4v) is 4.83. The van der Waals surface area contributed by atoms with Gasteiger partial charge in [0.1, 0.15) is 0 Å². The first-order valence-electron chi connectivity index (χ1n) is 9.82. The minimum atomic E-state index is 0.0595. The van der Waals surface area contributed by atoms with Gasteiger partial charge in [0.25, 0.3) is 0 Å². The topological polar surface area (TPSA) is 50.2 Å². The molecule has 0 radical (unpaired) electrons. The molecule has 5 heteroatoms. The molecule has 5 nitrogen and oxygen atoms in total. The molecule has 2 aliphatic carbocycles. The molecule has 4 fully saturated rings. The van der Waals surface area contributed by atoms with Crippen LogP contribution in [0.25, 0.3) is 11.3 Å². The molecular formula is C21H26N4O. The van der Waals surface area contributed by atoms with Crippen molar-refractivity contribution >= 4 is 11.7 Å². The number of aromatic nitrogens is 2. The van der Waals surface area contributed by atoms with E-state index in [1.165, 1.54) is 24.8 Å². The molecule has 2 aromatic rings. The minimum Gasteiger partial charge on any atom is -0.318 e. The molecule has 0 spiro atoms. The number of rotatable bonds is 3. The van der Waals surface area contributed by atoms with Crippen molar-refractivity contribution in [3.8, 4) is 11.3 Å². The second-order valence-electron chi connectivity index (χ2n) is 8.41. The first-order valence-corrected chi connectivity index (χ1v) is 9.82. The Morgan fingerprint density at radius 1 is 1.15 bits per heavy atom. The van der Waals surface area contributed by atoms with Crippen molar-refractivity contribution in [2.24, 2.45) is 13.0 Å². The van der Waals surface area contributed by atoms with E-state index in [-0.39, 0.29) is 6.03 Å². The maximum atomic E-state index is 12.8. The van der Waals surface area contributed by atoms with Crippen molar-refractivity contribution < 1.29 is 4.79 Å². The molecule has 3 atom stereocenters. The molecule has 2 saturated heterocycles. The van der Waals surface area contributed by atoms with Crippen LogP contribution in [0.1, 0.15) is 50.5 Å². The number of aryl methyl sites for hydroxylation is 1. The third kappa shape index (κ3) is 2.70. The lowest BCUT2D eigenvalue weighted by Gasteiger charge is -2.54. The Bertz CT molecular complexity index is 841. The summed E-state index contributed by atoms with van der Waals surface area (Å²) in [6.07, 6.45) is 7.94. The number of hydrogen-bond donors (Lipinski definition) is 1. The summed E-state index contributed by atoms with van der Waals surface area (Å²) in [7, 11) is 1.94. The number of piperidine rings is 1. The van der Waals surface area contributed by atoms with Gasteiger partial charge >= 0.3 is 6.03 Å². The summed E-state index contributed by atoms with van der Waals surface area (Å²) >= 11 is 0. The van der Waals surface area contributed by atoms with Crippen molar-refractivity contribution in [1.29, 1.82) is 0 Å². The monoisotopic (exact) mass is 350 g/mol. The molecule has 2 saturated carbocycles. The van der Waals surface area contributed by atoms with Gasteiger partial charge in [0.15, 0.2) is 0 Å². The van der Waals surface area contributed by atoms with Gasteiger partial charge in [-0.2, -0.15) is 5.10 Å². The summed E-state index contributed by atoms with van der Waals surface area (Å²) in [5, 5.41) is 7.73. The van der Waals surface area contributed by atoms with Crippen molar-refractivity contribution in [3.63, 3.8) is 0 Å². The predicted molar refractivity (Wildman–Crippen MR) is 102 cm³/mol. The molecular weight excluding hydrogens is 324 g/mol. The number of amides is 2. The van der Waals surface area contributed by atoms with Crippen LogP contribution in [0.5, 0.6) is 0 Å². The highest BCUT2D eigenvalue weighted by Crippen LogP contribution is 2.45. The lowest BCUT2D eigenvalue weighted by atomic mass is 9.74. The number of hydrogen-bond acceptors (Lipinski definition) is 2. The highest BCUT2D eigenvalue weighted by atomic mass is 16.2. The lowest BCUT2D eigenvalue weighted by molar-refractivity contribution is -0.00600. The average molecular weight is 350 g/mol. The van der Waals surface area contributed by atoms with E-state index in [9.17, 15) is 4.79 Å². The van der Waals surface area contributed by atoms with E-state index in [4.69, 9.17) is 0 Å². The van der Waals surface area contributed by atoms with Gasteiger partial charge in [0.2, 0.25) is 0 Å². The zero-order chi connectivity index (χ0) is 17.8. The Labute approximate surface area is 154 Å². The average Bonchev–Trinajstić information content (AvgIpc) is 3.35. The summed E-state index contributed by atoms with van der Waals surface area (Å²) in [5.41, 5.74) is 4.37. The maximum absolute atomic E-state index is 12.8. The normalized spacial score (nSPS) is 27.2. The zero-order valence-corrected chi connectivity index (χ0v) is 15.5. The van der Waals surface area contributed by atoms with Gasteiger partial charge in [-0.1, -0.05) is 13.0 Å². The van der Waals surface area contributed by atoms with E-state index in [0.29, 0.717) is 18.0 Å². The molecule has 1 aromatic heterocycles. The Kier molecular flexibility index (Phi) is 3.59. The molecule has 136 valence electrons. The number of carbonyl (C=O) groups is 1. The molecule has 1 N–H and O–H groups in total. The summed E-state index contributed by atoms with van der Waals surface area (Å²) in [6, 6.07) is 9.31. The van der Waals surface area contributed by atoms with Crippen molar-refractivity contribution in [1.82, 2.24) is 14.7 Å². The van der Waals surface area contributed by atoms with Crippen LogP contribution in [0.3, 0.4) is 0 Å². The summed E-state index contributed by atoms with van der Waals surface area (Å²) in [6.45, 7) is 2.30. The Balaban J connectivity index is 1.39. The van der Waals surface area contributed by atoms with E-state index in [1.54, 1.807) is 0 Å². The minimum absolute atomic E-state index is 0.0595. The lowest BCUT2D eigenvalue weighted by Crippen LogP contribution is -2.63. The number of nitrogens with zero attached hydrogens (tertiary/aromatic N) is 3. The number of anilines is 1. The maximum Gasteiger partial charge on any atom is 0.322 e. The number of fused-ring (bicyclic) bond motifs is 2. The van der Waals surface area contributed by atoms with Crippen molar-refractivity contribution in [2.75, 3.05) is 5.32 Å². The molecule has 2 bridgehead atoms. The Morgan fingerprint density at radius 2 is 1.92 bits per heavy atom. The Hall–Kier alpha value is -2.30. The van der Waals surface area contributed by atoms with E-state index in [2.05, 4.69) is 40.4 Å². The molecule has 1 aromatic carbocycles. The first-order chi connectivity index (χ1) is 12.6. The van der Waals surface area contributed by atoms with Gasteiger partial charge in [-0.3, -0.25) is 4.68 Å². The van der Waals surface area contributed by atoms with Crippen LogP contribution in [0.15, 0.2) is 30.5 Å². The van der Waals surface area contributed by atoms with E-state index in [1.807, 2.05) is 24.0 Å². The van der Waals surface area contributed by atoms with Gasteiger partial charge in [0.05, 0.1) is 5.69 Å². The number of carbonyl (C=O) groups excluding carboxylic acids is 1. The Morgan fingerprint density at radius 3 is 2.58 bits per heavy atom. The SMILES string of the molecule is CC1CC2C[C@@H](C1)N2C(=O)Nc1ccc(C2CC2)c(-c2ccn(C)n2)c1. The fraction of sp³-hybridized carbons (Fsp3) is 0.524. The van der Waals surface area contributed by atoms with Crippen LogP contribution >= 0.6 is 0 Å². The molecule has 2 amide bonds. The summed E-state index contributed by atoms with van der Waals surface area (Å²) < 4.78 is 1.83. The molecule has 4 aliphatic rings. The number of urea groups is 1. The van der Waals surface area contributed by atoms with Crippen LogP contribution < -0.4 is 5.32 Å². The van der Waals surface area contributed by atoms with Gasteiger partial charge < -0.3 is 10.2 Å². The first kappa shape index (κ1) is 15.9. The molecule has 2 aliphatic heterocycles. The predicted octanol–water partition coefficient (Wildman–Crippen LogP) is 4.37. The number of nitrogens with one attached hydrogen (secondary N) is 1. The molecule has 2 unspecified atom stereocenters. The van der Waals surface area contributed by atoms with Gasteiger partial charge in [-0.25, -0.2) is 4.79 Å². The van der Waals surface area contributed by atoms with Crippen molar-refractivity contribution in [2.45, 2.75) is 57.0 Å². The third-order valence-corrected chi connectivity index (χ3v) is 6.23. The smallest absolute Gasteiger partial charge is 0.318 e. The third-order valence-electron chi connectivity index (χ3n) is 6.23. The summed E-state index contributed by atoms with van der Waals surface area (Å²) in [5.74, 6) is 1.39. The van der Waals surface area contributed by atoms with Gasteiger partial charge in [-0.15, -0.1) is 0 Å². The van der Waals surface area contributed by atoms with E-state index >= 15 is 0 Å². The second-order valence-corrected chi connectivity index (χ2v) is 8.41. The van der Waals surface area contributed by atoms with Crippen molar-refractivity contribution in [3.05, 3.63) is 36.0 Å². The van der Waals surface area contributed by atoms with Gasteiger partial charge in [-0.05, 0) is 67.7 Å². The summed E-state index contributed by atoms with van der Waals surface area (Å²) in [4.78, 5) is 14.9. The van der Waals surface area contributed by atoms with Crippen LogP contribution in [-0.2, 0) is 7.05 Å². The van der Waals surface area contributed by atoms with Crippen LogP contribution in [-0.4, -0.2) is 32.8 Å². The quantitative estimate of drug-likeness (QED) is 0.894. The van der Waals surface area contributed by atoms with Crippen LogP contribution in [0.4, 0.5) is 10.5 Å². The van der Waals surface area contributed by atoms with E-state index < -0.39 is 0 Å². The molecule has 3 heterocycles. The zero-order valence-electron chi connectivity index (χ0n) is 15.5. The van der Waals surface area contributed by atoms with Gasteiger partial charge in [0, 0.05) is 36.6 Å². The standard InChI is InChI=1S/C21H26N4O/c1-13-9-16-12-17(10-13)25(16)21(26)22-15-5-6-18(14-3-4-14)19(11-15)20-7-8-24(2)23-20/h5-8,11,13-14,16-17H,3-4,9-10,12H2,1-2H3,(H,22,26)/t13?,16-,17?/m1/s1. The largest absolute Gasteiger partial charge is 0.322 e. The molecule has 6 rings (SSSR count). The fourth-order valence-electron chi connectivity index (χ4n) is 4.83.